The highest BCUT2D eigenvalue weighted by Crippen LogP contribution is 2.30. The Balaban J connectivity index is 1.37. The Bertz CT molecular complexity index is 1230. The van der Waals surface area contributed by atoms with Crippen molar-refractivity contribution in [3.05, 3.63) is 77.9 Å². The van der Waals surface area contributed by atoms with Gasteiger partial charge in [-0.2, -0.15) is 0 Å². The van der Waals surface area contributed by atoms with Crippen molar-refractivity contribution >= 4 is 16.9 Å². The highest BCUT2D eigenvalue weighted by Gasteiger charge is 2.23. The van der Waals surface area contributed by atoms with Crippen LogP contribution < -0.4 is 10.6 Å². The molecule has 3 N–H and O–H groups in total. The van der Waals surface area contributed by atoms with Gasteiger partial charge in [0.2, 0.25) is 5.91 Å². The number of hydrogen-bond acceptors (Lipinski definition) is 3. The Morgan fingerprint density at radius 3 is 2.68 bits per heavy atom. The molecule has 156 valence electrons. The van der Waals surface area contributed by atoms with Gasteiger partial charge in [-0.1, -0.05) is 54.6 Å². The molecule has 5 rings (SSSR count). The summed E-state index contributed by atoms with van der Waals surface area (Å²) < 4.78 is 0. The number of carbonyl (C=O) groups excluding carboxylic acids is 1. The van der Waals surface area contributed by atoms with Gasteiger partial charge < -0.3 is 15.6 Å². The first-order chi connectivity index (χ1) is 15.2. The van der Waals surface area contributed by atoms with Gasteiger partial charge in [0.15, 0.2) is 0 Å². The first-order valence-electron chi connectivity index (χ1n) is 10.8. The molecule has 0 aliphatic carbocycles. The number of amides is 1. The number of carbonyl (C=O) groups is 1. The molecule has 4 aromatic rings. The molecular weight excluding hydrogens is 384 g/mol. The maximum absolute atomic E-state index is 11.7. The monoisotopic (exact) mass is 410 g/mol. The Hall–Kier alpha value is -3.44. The number of imidazole rings is 1. The zero-order chi connectivity index (χ0) is 21.2. The molecule has 1 fully saturated rings. The van der Waals surface area contributed by atoms with Crippen LogP contribution in [-0.2, 0) is 11.3 Å². The molecule has 1 saturated heterocycles. The molecule has 1 aliphatic heterocycles. The molecule has 5 nitrogen and oxygen atoms in total. The molecule has 0 bridgehead atoms. The summed E-state index contributed by atoms with van der Waals surface area (Å²) in [6.07, 6.45) is 0.912. The van der Waals surface area contributed by atoms with Crippen LogP contribution in [0.25, 0.3) is 33.5 Å². The van der Waals surface area contributed by atoms with Gasteiger partial charge in [-0.3, -0.25) is 4.79 Å². The first kappa shape index (κ1) is 19.5. The van der Waals surface area contributed by atoms with Crippen molar-refractivity contribution in [1.29, 1.82) is 0 Å². The number of nitrogens with zero attached hydrogens (tertiary/aromatic N) is 1. The second-order valence-corrected chi connectivity index (χ2v) is 8.19. The number of nitrogens with one attached hydrogen (secondary N) is 3. The minimum atomic E-state index is 0.0836. The van der Waals surface area contributed by atoms with E-state index in [1.807, 2.05) is 6.07 Å². The molecule has 1 aliphatic rings. The number of rotatable bonds is 6. The lowest BCUT2D eigenvalue weighted by molar-refractivity contribution is -0.122. The van der Waals surface area contributed by atoms with Crippen LogP contribution in [0.1, 0.15) is 17.5 Å². The third-order valence-corrected chi connectivity index (χ3v) is 6.08. The van der Waals surface area contributed by atoms with E-state index in [0.29, 0.717) is 6.54 Å². The van der Waals surface area contributed by atoms with E-state index in [9.17, 15) is 4.79 Å². The lowest BCUT2D eigenvalue weighted by Crippen LogP contribution is -2.28. The standard InChI is InChI=1S/C26H26N4O/c1-17-22(19-7-3-2-4-8-19)10-11-23-24(17)30-25(29-23)20-9-5-6-18(14-20)15-27-16-21-12-13-28-26(21)31/h2-11,14,21,27H,12-13,15-16H2,1H3,(H,28,31)(H,29,30). The summed E-state index contributed by atoms with van der Waals surface area (Å²) in [5.41, 5.74) is 7.89. The van der Waals surface area contributed by atoms with E-state index in [0.717, 1.165) is 41.9 Å². The number of H-pyrrole nitrogens is 1. The summed E-state index contributed by atoms with van der Waals surface area (Å²) in [5.74, 6) is 1.12. The molecular formula is C26H26N4O. The van der Waals surface area contributed by atoms with Gasteiger partial charge in [0.25, 0.3) is 0 Å². The maximum Gasteiger partial charge on any atom is 0.224 e. The second kappa shape index (κ2) is 8.36. The fourth-order valence-electron chi connectivity index (χ4n) is 4.34. The van der Waals surface area contributed by atoms with Crippen molar-refractivity contribution in [1.82, 2.24) is 20.6 Å². The Kier molecular flexibility index (Phi) is 5.26. The van der Waals surface area contributed by atoms with Crippen LogP contribution in [0.2, 0.25) is 0 Å². The normalized spacial score (nSPS) is 16.0. The van der Waals surface area contributed by atoms with Crippen LogP contribution in [0.15, 0.2) is 66.7 Å². The predicted octanol–water partition coefficient (Wildman–Crippen LogP) is 4.43. The van der Waals surface area contributed by atoms with Crippen molar-refractivity contribution in [3.63, 3.8) is 0 Å². The van der Waals surface area contributed by atoms with Crippen LogP contribution in [0.5, 0.6) is 0 Å². The van der Waals surface area contributed by atoms with Crippen LogP contribution in [0, 0.1) is 12.8 Å². The Morgan fingerprint density at radius 2 is 1.87 bits per heavy atom. The van der Waals surface area contributed by atoms with E-state index in [1.165, 1.54) is 22.3 Å². The fraction of sp³-hybridized carbons (Fsp3) is 0.231. The first-order valence-corrected chi connectivity index (χ1v) is 10.8. The summed E-state index contributed by atoms with van der Waals surface area (Å²) in [7, 11) is 0. The number of fused-ring (bicyclic) bond motifs is 1. The average Bonchev–Trinajstić information content (AvgIpc) is 3.42. The Morgan fingerprint density at radius 1 is 1.03 bits per heavy atom. The van der Waals surface area contributed by atoms with E-state index in [4.69, 9.17) is 4.98 Å². The van der Waals surface area contributed by atoms with Gasteiger partial charge in [-0.05, 0) is 47.7 Å². The van der Waals surface area contributed by atoms with E-state index in [1.54, 1.807) is 0 Å². The number of aryl methyl sites for hydroxylation is 1. The molecule has 1 atom stereocenters. The smallest absolute Gasteiger partial charge is 0.224 e. The fourth-order valence-corrected chi connectivity index (χ4v) is 4.34. The lowest BCUT2D eigenvalue weighted by Gasteiger charge is -2.09. The van der Waals surface area contributed by atoms with E-state index in [2.05, 4.69) is 83.2 Å². The van der Waals surface area contributed by atoms with Gasteiger partial charge >= 0.3 is 0 Å². The van der Waals surface area contributed by atoms with E-state index < -0.39 is 0 Å². The molecule has 1 unspecified atom stereocenters. The van der Waals surface area contributed by atoms with Crippen molar-refractivity contribution in [3.8, 4) is 22.5 Å². The summed E-state index contributed by atoms with van der Waals surface area (Å²) in [6, 6.07) is 23.1. The van der Waals surface area contributed by atoms with Crippen LogP contribution in [0.4, 0.5) is 0 Å². The third-order valence-electron chi connectivity index (χ3n) is 6.08. The van der Waals surface area contributed by atoms with Crippen molar-refractivity contribution < 1.29 is 4.79 Å². The van der Waals surface area contributed by atoms with E-state index >= 15 is 0 Å². The molecule has 5 heteroatoms. The number of aromatic amines is 1. The third kappa shape index (κ3) is 3.97. The van der Waals surface area contributed by atoms with Gasteiger partial charge in [-0.15, -0.1) is 0 Å². The molecule has 31 heavy (non-hydrogen) atoms. The van der Waals surface area contributed by atoms with Crippen LogP contribution >= 0.6 is 0 Å². The topological polar surface area (TPSA) is 69.8 Å². The molecule has 0 spiro atoms. The van der Waals surface area contributed by atoms with Gasteiger partial charge in [0.05, 0.1) is 17.0 Å². The highest BCUT2D eigenvalue weighted by molar-refractivity contribution is 5.88. The summed E-state index contributed by atoms with van der Waals surface area (Å²) in [4.78, 5) is 20.1. The van der Waals surface area contributed by atoms with Crippen molar-refractivity contribution in [2.45, 2.75) is 19.9 Å². The van der Waals surface area contributed by atoms with E-state index in [-0.39, 0.29) is 11.8 Å². The van der Waals surface area contributed by atoms with Crippen LogP contribution in [0.3, 0.4) is 0 Å². The molecule has 1 amide bonds. The van der Waals surface area contributed by atoms with Gasteiger partial charge in [-0.25, -0.2) is 4.98 Å². The number of aromatic nitrogens is 2. The SMILES string of the molecule is Cc1c(-c2ccccc2)ccc2[nH]c(-c3cccc(CNCC4CCNC4=O)c3)nc12. The molecule has 1 aromatic heterocycles. The largest absolute Gasteiger partial charge is 0.356 e. The zero-order valence-electron chi connectivity index (χ0n) is 17.6. The predicted molar refractivity (Wildman–Crippen MR) is 125 cm³/mol. The second-order valence-electron chi connectivity index (χ2n) is 8.19. The lowest BCUT2D eigenvalue weighted by atomic mass is 9.99. The molecule has 0 radical (unpaired) electrons. The highest BCUT2D eigenvalue weighted by atomic mass is 16.2. The van der Waals surface area contributed by atoms with Crippen LogP contribution in [-0.4, -0.2) is 29.0 Å². The molecule has 3 aromatic carbocycles. The summed E-state index contributed by atoms with van der Waals surface area (Å²) >= 11 is 0. The van der Waals surface area contributed by atoms with Gasteiger partial charge in [0.1, 0.15) is 5.82 Å². The summed E-state index contributed by atoms with van der Waals surface area (Å²) in [6.45, 7) is 4.37. The molecule has 0 saturated carbocycles. The Labute approximate surface area is 181 Å². The van der Waals surface area contributed by atoms with Crippen molar-refractivity contribution in [2.24, 2.45) is 5.92 Å². The number of hydrogen-bond donors (Lipinski definition) is 3. The zero-order valence-corrected chi connectivity index (χ0v) is 17.6. The van der Waals surface area contributed by atoms with Crippen molar-refractivity contribution in [2.75, 3.05) is 13.1 Å². The molecule has 2 heterocycles. The average molecular weight is 411 g/mol. The summed E-state index contributed by atoms with van der Waals surface area (Å²) in [5, 5.41) is 6.31. The van der Waals surface area contributed by atoms with Gasteiger partial charge in [0, 0.05) is 25.2 Å². The minimum absolute atomic E-state index is 0.0836. The maximum atomic E-state index is 11.7. The minimum Gasteiger partial charge on any atom is -0.356 e. The quantitative estimate of drug-likeness (QED) is 0.440. The number of benzene rings is 3.